The van der Waals surface area contributed by atoms with Crippen molar-refractivity contribution in [3.8, 4) is 5.75 Å². The van der Waals surface area contributed by atoms with Crippen LogP contribution in [0.2, 0.25) is 0 Å². The van der Waals surface area contributed by atoms with Crippen LogP contribution in [0.15, 0.2) is 29.3 Å². The van der Waals surface area contributed by atoms with Gasteiger partial charge in [-0.05, 0) is 39.0 Å². The number of carbonyl (C=O) groups is 1. The van der Waals surface area contributed by atoms with Gasteiger partial charge in [-0.2, -0.15) is 10.1 Å². The van der Waals surface area contributed by atoms with Crippen molar-refractivity contribution in [3.05, 3.63) is 40.5 Å². The lowest BCUT2D eigenvalue weighted by molar-refractivity contribution is 0.0992. The van der Waals surface area contributed by atoms with E-state index in [2.05, 4.69) is 10.1 Å². The van der Waals surface area contributed by atoms with E-state index in [1.807, 2.05) is 50.6 Å². The third-order valence-corrected chi connectivity index (χ3v) is 4.85. The van der Waals surface area contributed by atoms with Crippen LogP contribution in [0, 0.1) is 6.92 Å². The maximum absolute atomic E-state index is 12.5. The Hall–Kier alpha value is -2.41. The van der Waals surface area contributed by atoms with E-state index in [4.69, 9.17) is 4.74 Å². The Morgan fingerprint density at radius 1 is 1.38 bits per heavy atom. The number of benzene rings is 1. The topological polar surface area (TPSA) is 61.4 Å². The number of aromatic nitrogens is 3. The molecule has 1 aromatic carbocycles. The summed E-state index contributed by atoms with van der Waals surface area (Å²) in [5.74, 6) is 0.487. The van der Waals surface area contributed by atoms with Crippen LogP contribution in [0.4, 0.5) is 0 Å². The maximum atomic E-state index is 12.5. The Balaban J connectivity index is 2.15. The number of thiazole rings is 1. The molecule has 2 aromatic heterocycles. The van der Waals surface area contributed by atoms with E-state index < -0.39 is 0 Å². The quantitative estimate of drug-likeness (QED) is 0.731. The van der Waals surface area contributed by atoms with Crippen LogP contribution >= 0.6 is 11.3 Å². The minimum atomic E-state index is -0.328. The molecule has 24 heavy (non-hydrogen) atoms. The van der Waals surface area contributed by atoms with E-state index in [0.29, 0.717) is 23.6 Å². The summed E-state index contributed by atoms with van der Waals surface area (Å²) in [5.41, 5.74) is 2.27. The zero-order chi connectivity index (χ0) is 17.3. The number of carbonyl (C=O) groups excluding carboxylic acids is 1. The van der Waals surface area contributed by atoms with Crippen molar-refractivity contribution in [1.82, 2.24) is 14.3 Å². The van der Waals surface area contributed by atoms with E-state index in [1.165, 1.54) is 11.3 Å². The highest BCUT2D eigenvalue weighted by molar-refractivity contribution is 7.16. The molecule has 0 radical (unpaired) electrons. The molecule has 1 amide bonds. The summed E-state index contributed by atoms with van der Waals surface area (Å²) in [5, 5.41) is 4.21. The van der Waals surface area contributed by atoms with Crippen molar-refractivity contribution < 1.29 is 9.53 Å². The predicted molar refractivity (Wildman–Crippen MR) is 94.5 cm³/mol. The van der Waals surface area contributed by atoms with Crippen molar-refractivity contribution in [1.29, 1.82) is 0 Å². The highest BCUT2D eigenvalue weighted by atomic mass is 32.1. The molecule has 0 aliphatic heterocycles. The Bertz CT molecular complexity index is 945. The summed E-state index contributed by atoms with van der Waals surface area (Å²) >= 11 is 1.48. The molecule has 0 fully saturated rings. The van der Waals surface area contributed by atoms with Crippen molar-refractivity contribution >= 4 is 27.5 Å². The first-order valence-electron chi connectivity index (χ1n) is 7.90. The number of para-hydroxylation sites is 1. The van der Waals surface area contributed by atoms with E-state index in [1.54, 1.807) is 10.7 Å². The van der Waals surface area contributed by atoms with Crippen LogP contribution in [-0.4, -0.2) is 26.9 Å². The van der Waals surface area contributed by atoms with E-state index in [0.717, 1.165) is 21.7 Å². The lowest BCUT2D eigenvalue weighted by atomic mass is 10.3. The molecule has 0 spiro atoms. The number of aryl methyl sites for hydroxylation is 3. The molecule has 6 nitrogen and oxygen atoms in total. The van der Waals surface area contributed by atoms with E-state index >= 15 is 0 Å². The van der Waals surface area contributed by atoms with Gasteiger partial charge in [-0.25, -0.2) is 0 Å². The Morgan fingerprint density at radius 2 is 2.17 bits per heavy atom. The van der Waals surface area contributed by atoms with Gasteiger partial charge in [0, 0.05) is 19.3 Å². The van der Waals surface area contributed by atoms with Crippen LogP contribution in [-0.2, 0) is 13.6 Å². The van der Waals surface area contributed by atoms with Gasteiger partial charge in [-0.15, -0.1) is 0 Å². The molecule has 0 saturated heterocycles. The van der Waals surface area contributed by atoms with Gasteiger partial charge in [-0.1, -0.05) is 17.4 Å². The van der Waals surface area contributed by atoms with Crippen LogP contribution in [0.3, 0.4) is 0 Å². The van der Waals surface area contributed by atoms with Crippen molar-refractivity contribution in [2.75, 3.05) is 6.61 Å². The summed E-state index contributed by atoms with van der Waals surface area (Å²) in [6.45, 7) is 7.20. The molecule has 7 heteroatoms. The normalized spacial score (nSPS) is 12.1. The minimum absolute atomic E-state index is 0.328. The highest BCUT2D eigenvalue weighted by Gasteiger charge is 2.14. The number of hydrogen-bond donors (Lipinski definition) is 0. The second-order valence-corrected chi connectivity index (χ2v) is 6.39. The lowest BCUT2D eigenvalue weighted by Crippen LogP contribution is -2.16. The highest BCUT2D eigenvalue weighted by Crippen LogP contribution is 2.27. The van der Waals surface area contributed by atoms with Gasteiger partial charge in [0.25, 0.3) is 5.91 Å². The van der Waals surface area contributed by atoms with Gasteiger partial charge < -0.3 is 9.30 Å². The largest absolute Gasteiger partial charge is 0.492 e. The van der Waals surface area contributed by atoms with E-state index in [-0.39, 0.29) is 5.91 Å². The summed E-state index contributed by atoms with van der Waals surface area (Å²) in [7, 11) is 1.81. The standard InChI is InChI=1S/C17H20N4O2S/c1-5-21-15-13(23-6-2)8-7-9-14(15)24-17(21)18-16(22)12-10-11(3)20(4)19-12/h7-10H,5-6H2,1-4H3. The zero-order valence-corrected chi connectivity index (χ0v) is 15.1. The van der Waals surface area contributed by atoms with Crippen molar-refractivity contribution in [2.24, 2.45) is 12.0 Å². The van der Waals surface area contributed by atoms with Crippen molar-refractivity contribution in [2.45, 2.75) is 27.3 Å². The SMILES string of the molecule is CCOc1cccc2sc(=NC(=O)c3cc(C)n(C)n3)n(CC)c12. The number of ether oxygens (including phenoxy) is 1. The van der Waals surface area contributed by atoms with Gasteiger partial charge in [0.05, 0.1) is 11.3 Å². The lowest BCUT2D eigenvalue weighted by Gasteiger charge is -2.07. The molecular formula is C17H20N4O2S. The average Bonchev–Trinajstić information content (AvgIpc) is 3.08. The molecule has 0 aliphatic carbocycles. The first-order valence-corrected chi connectivity index (χ1v) is 8.71. The third kappa shape index (κ3) is 2.87. The monoisotopic (exact) mass is 344 g/mol. The maximum Gasteiger partial charge on any atom is 0.300 e. The number of rotatable bonds is 4. The van der Waals surface area contributed by atoms with Crippen LogP contribution in [0.25, 0.3) is 10.2 Å². The smallest absolute Gasteiger partial charge is 0.300 e. The van der Waals surface area contributed by atoms with Crippen LogP contribution in [0.1, 0.15) is 30.0 Å². The molecule has 126 valence electrons. The Kier molecular flexibility index (Phi) is 4.53. The fourth-order valence-electron chi connectivity index (χ4n) is 2.56. The molecule has 3 aromatic rings. The summed E-state index contributed by atoms with van der Waals surface area (Å²) < 4.78 is 10.5. The predicted octanol–water partition coefficient (Wildman–Crippen LogP) is 2.90. The molecule has 0 N–H and O–H groups in total. The van der Waals surface area contributed by atoms with Crippen molar-refractivity contribution in [3.63, 3.8) is 0 Å². The number of hydrogen-bond acceptors (Lipinski definition) is 4. The van der Waals surface area contributed by atoms with Gasteiger partial charge in [0.1, 0.15) is 11.3 Å². The minimum Gasteiger partial charge on any atom is -0.492 e. The van der Waals surface area contributed by atoms with E-state index in [9.17, 15) is 4.79 Å². The summed E-state index contributed by atoms with van der Waals surface area (Å²) in [6.07, 6.45) is 0. The summed E-state index contributed by atoms with van der Waals surface area (Å²) in [4.78, 5) is 17.4. The van der Waals surface area contributed by atoms with Crippen LogP contribution < -0.4 is 9.54 Å². The number of amides is 1. The molecule has 0 aliphatic rings. The van der Waals surface area contributed by atoms with Gasteiger partial charge in [0.15, 0.2) is 10.5 Å². The molecule has 0 unspecified atom stereocenters. The second kappa shape index (κ2) is 6.60. The van der Waals surface area contributed by atoms with Gasteiger partial charge in [-0.3, -0.25) is 9.48 Å². The fourth-order valence-corrected chi connectivity index (χ4v) is 3.67. The molecule has 3 rings (SSSR count). The average molecular weight is 344 g/mol. The number of fused-ring (bicyclic) bond motifs is 1. The molecule has 2 heterocycles. The first kappa shape index (κ1) is 16.4. The second-order valence-electron chi connectivity index (χ2n) is 5.38. The summed E-state index contributed by atoms with van der Waals surface area (Å²) in [6, 6.07) is 7.67. The Labute approximate surface area is 144 Å². The fraction of sp³-hybridized carbons (Fsp3) is 0.353. The van der Waals surface area contributed by atoms with Crippen LogP contribution in [0.5, 0.6) is 5.75 Å². The molecular weight excluding hydrogens is 324 g/mol. The molecule has 0 atom stereocenters. The number of nitrogens with zero attached hydrogens (tertiary/aromatic N) is 4. The molecule has 0 bridgehead atoms. The Morgan fingerprint density at radius 3 is 2.79 bits per heavy atom. The van der Waals surface area contributed by atoms with Gasteiger partial charge >= 0.3 is 0 Å². The third-order valence-electron chi connectivity index (χ3n) is 3.81. The zero-order valence-electron chi connectivity index (χ0n) is 14.2. The first-order chi connectivity index (χ1) is 11.5. The van der Waals surface area contributed by atoms with Gasteiger partial charge in [0.2, 0.25) is 0 Å². The molecule has 0 saturated carbocycles.